The lowest BCUT2D eigenvalue weighted by molar-refractivity contribution is -0.144. The van der Waals surface area contributed by atoms with E-state index in [-0.39, 0.29) is 17.7 Å². The normalized spacial score (nSPS) is 17.9. The van der Waals surface area contributed by atoms with Crippen LogP contribution in [0.15, 0.2) is 30.3 Å². The van der Waals surface area contributed by atoms with Gasteiger partial charge in [0.25, 0.3) is 0 Å². The summed E-state index contributed by atoms with van der Waals surface area (Å²) in [6.07, 6.45) is 0.887. The lowest BCUT2D eigenvalue weighted by atomic mass is 9.71. The number of hydrogen-bond acceptors (Lipinski definition) is 5. The minimum atomic E-state index is -1.10. The van der Waals surface area contributed by atoms with Crippen LogP contribution in [0.2, 0.25) is 0 Å². The summed E-state index contributed by atoms with van der Waals surface area (Å²) in [6, 6.07) is 7.41. The summed E-state index contributed by atoms with van der Waals surface area (Å²) in [7, 11) is 0. The number of carboxylic acids is 1. The number of likely N-dealkylation sites (tertiary alicyclic amines) is 1. The highest BCUT2D eigenvalue weighted by Gasteiger charge is 2.46. The third-order valence-corrected chi connectivity index (χ3v) is 7.04. The van der Waals surface area contributed by atoms with Crippen molar-refractivity contribution in [2.75, 3.05) is 13.1 Å². The van der Waals surface area contributed by atoms with E-state index < -0.39 is 41.1 Å². The predicted octanol–water partition coefficient (Wildman–Crippen LogP) is 3.71. The Balaban J connectivity index is 2.28. The molecule has 1 aliphatic rings. The second-order valence-electron chi connectivity index (χ2n) is 11.3. The monoisotopic (exact) mass is 517 g/mol. The van der Waals surface area contributed by atoms with Gasteiger partial charge in [0, 0.05) is 13.1 Å². The molecule has 0 saturated carbocycles. The Hall–Kier alpha value is -3.10. The van der Waals surface area contributed by atoms with E-state index in [9.17, 15) is 24.3 Å². The van der Waals surface area contributed by atoms with E-state index in [2.05, 4.69) is 10.6 Å². The molecule has 0 spiro atoms. The van der Waals surface area contributed by atoms with Crippen LogP contribution < -0.4 is 10.6 Å². The van der Waals surface area contributed by atoms with Crippen LogP contribution in [0.25, 0.3) is 0 Å². The number of amides is 3. The molecule has 9 nitrogen and oxygen atoms in total. The lowest BCUT2D eigenvalue weighted by Gasteiger charge is -2.42. The Morgan fingerprint density at radius 3 is 2.03 bits per heavy atom. The number of nitrogens with zero attached hydrogens (tertiary/aromatic N) is 1. The average molecular weight is 518 g/mol. The Morgan fingerprint density at radius 2 is 1.57 bits per heavy atom. The van der Waals surface area contributed by atoms with E-state index >= 15 is 0 Å². The molecule has 1 fully saturated rings. The third-order valence-electron chi connectivity index (χ3n) is 7.04. The standard InChI is InChI=1S/C28H43N3O6/c1-8-19(4)22(24(33)34)29-23(32)21(18(2)3)30-25(35)28(20-12-10-9-11-13-20)14-16-31(17-15-28)26(36)37-27(5,6)7/h9-13,18-19,21-22H,8,14-17H2,1-7H3,(H,29,32)(H,30,35)(H,33,34)/t19-,21-,22+/m1/s1. The fourth-order valence-electron chi connectivity index (χ4n) is 4.54. The van der Waals surface area contributed by atoms with Crippen molar-refractivity contribution in [1.29, 1.82) is 0 Å². The summed E-state index contributed by atoms with van der Waals surface area (Å²) in [5.41, 5.74) is -0.762. The molecule has 1 aromatic rings. The number of carbonyl (C=O) groups excluding carboxylic acids is 3. The highest BCUT2D eigenvalue weighted by Crippen LogP contribution is 2.36. The molecule has 3 amide bonds. The molecular formula is C28H43N3O6. The van der Waals surface area contributed by atoms with Crippen LogP contribution in [0.4, 0.5) is 4.79 Å². The van der Waals surface area contributed by atoms with Crippen molar-refractivity contribution in [2.24, 2.45) is 11.8 Å². The first kappa shape index (κ1) is 30.1. The molecule has 2 rings (SSSR count). The first-order chi connectivity index (χ1) is 17.2. The molecule has 9 heteroatoms. The van der Waals surface area contributed by atoms with E-state index in [1.54, 1.807) is 11.8 Å². The maximum atomic E-state index is 13.9. The van der Waals surface area contributed by atoms with Gasteiger partial charge in [0.1, 0.15) is 17.7 Å². The van der Waals surface area contributed by atoms with Gasteiger partial charge in [-0.05, 0) is 51.0 Å². The zero-order chi connectivity index (χ0) is 28.0. The Kier molecular flexibility index (Phi) is 10.1. The molecule has 0 aliphatic carbocycles. The lowest BCUT2D eigenvalue weighted by Crippen LogP contribution is -2.60. The van der Waals surface area contributed by atoms with Crippen LogP contribution in [0.3, 0.4) is 0 Å². The SMILES string of the molecule is CC[C@@H](C)[C@H](NC(=O)[C@H](NC(=O)C1(c2ccccc2)CCN(C(=O)OC(C)(C)C)CC1)C(C)C)C(=O)O. The summed E-state index contributed by atoms with van der Waals surface area (Å²) in [6.45, 7) is 13.3. The van der Waals surface area contributed by atoms with Crippen LogP contribution in [0.1, 0.15) is 73.3 Å². The maximum absolute atomic E-state index is 13.9. The quantitative estimate of drug-likeness (QED) is 0.459. The van der Waals surface area contributed by atoms with Gasteiger partial charge in [0.2, 0.25) is 11.8 Å². The van der Waals surface area contributed by atoms with Crippen LogP contribution in [0, 0.1) is 11.8 Å². The van der Waals surface area contributed by atoms with Gasteiger partial charge in [-0.1, -0.05) is 64.4 Å². The van der Waals surface area contributed by atoms with Crippen LogP contribution in [-0.2, 0) is 24.5 Å². The molecule has 206 valence electrons. The highest BCUT2D eigenvalue weighted by molar-refractivity contribution is 5.94. The molecule has 1 aliphatic heterocycles. The topological polar surface area (TPSA) is 125 Å². The van der Waals surface area contributed by atoms with Gasteiger partial charge >= 0.3 is 12.1 Å². The number of nitrogens with one attached hydrogen (secondary N) is 2. The van der Waals surface area contributed by atoms with Gasteiger partial charge < -0.3 is 25.4 Å². The smallest absolute Gasteiger partial charge is 0.410 e. The van der Waals surface area contributed by atoms with Crippen LogP contribution in [0.5, 0.6) is 0 Å². The van der Waals surface area contributed by atoms with Crippen LogP contribution in [-0.4, -0.2) is 64.7 Å². The first-order valence-electron chi connectivity index (χ1n) is 13.1. The summed E-state index contributed by atoms with van der Waals surface area (Å²) in [5, 5.41) is 15.2. The van der Waals surface area contributed by atoms with Gasteiger partial charge in [-0.3, -0.25) is 9.59 Å². The molecule has 0 unspecified atom stereocenters. The second-order valence-corrected chi connectivity index (χ2v) is 11.3. The molecule has 0 aromatic heterocycles. The van der Waals surface area contributed by atoms with Crippen molar-refractivity contribution in [2.45, 2.75) is 90.8 Å². The molecule has 3 atom stereocenters. The third kappa shape index (κ3) is 7.69. The fourth-order valence-corrected chi connectivity index (χ4v) is 4.54. The summed E-state index contributed by atoms with van der Waals surface area (Å²) < 4.78 is 5.51. The summed E-state index contributed by atoms with van der Waals surface area (Å²) in [5.74, 6) is -2.48. The predicted molar refractivity (Wildman–Crippen MR) is 141 cm³/mol. The molecule has 1 aromatic carbocycles. The number of carbonyl (C=O) groups is 4. The van der Waals surface area contributed by atoms with E-state index in [1.165, 1.54) is 0 Å². The van der Waals surface area contributed by atoms with Crippen molar-refractivity contribution >= 4 is 23.9 Å². The van der Waals surface area contributed by atoms with E-state index in [4.69, 9.17) is 4.74 Å². The molecule has 37 heavy (non-hydrogen) atoms. The van der Waals surface area contributed by atoms with Crippen molar-refractivity contribution in [1.82, 2.24) is 15.5 Å². The Labute approximate surface area is 220 Å². The van der Waals surface area contributed by atoms with E-state index in [0.717, 1.165) is 5.56 Å². The second kappa shape index (κ2) is 12.4. The summed E-state index contributed by atoms with van der Waals surface area (Å²) in [4.78, 5) is 53.1. The number of hydrogen-bond donors (Lipinski definition) is 3. The van der Waals surface area contributed by atoms with Gasteiger partial charge in [-0.2, -0.15) is 0 Å². The van der Waals surface area contributed by atoms with E-state index in [1.807, 2.05) is 71.9 Å². The van der Waals surface area contributed by atoms with Crippen LogP contribution >= 0.6 is 0 Å². The van der Waals surface area contributed by atoms with Crippen molar-refractivity contribution in [3.05, 3.63) is 35.9 Å². The minimum absolute atomic E-state index is 0.266. The molecule has 3 N–H and O–H groups in total. The van der Waals surface area contributed by atoms with Gasteiger partial charge in [0.05, 0.1) is 5.41 Å². The number of ether oxygens (including phenoxy) is 1. The summed E-state index contributed by atoms with van der Waals surface area (Å²) >= 11 is 0. The Bertz CT molecular complexity index is 948. The molecule has 0 bridgehead atoms. The molecule has 0 radical (unpaired) electrons. The molecule has 1 saturated heterocycles. The number of piperidine rings is 1. The van der Waals surface area contributed by atoms with E-state index in [0.29, 0.717) is 32.4 Å². The van der Waals surface area contributed by atoms with Crippen molar-refractivity contribution in [3.63, 3.8) is 0 Å². The number of benzene rings is 1. The van der Waals surface area contributed by atoms with Crippen molar-refractivity contribution < 1.29 is 29.0 Å². The van der Waals surface area contributed by atoms with Crippen molar-refractivity contribution in [3.8, 4) is 0 Å². The molecular weight excluding hydrogens is 474 g/mol. The minimum Gasteiger partial charge on any atom is -0.480 e. The zero-order valence-corrected chi connectivity index (χ0v) is 23.2. The fraction of sp³-hybridized carbons (Fsp3) is 0.643. The Morgan fingerprint density at radius 1 is 1.00 bits per heavy atom. The first-order valence-corrected chi connectivity index (χ1v) is 13.1. The highest BCUT2D eigenvalue weighted by atomic mass is 16.6. The van der Waals surface area contributed by atoms with Gasteiger partial charge in [0.15, 0.2) is 0 Å². The largest absolute Gasteiger partial charge is 0.480 e. The molecule has 1 heterocycles. The average Bonchev–Trinajstić information content (AvgIpc) is 2.84. The maximum Gasteiger partial charge on any atom is 0.410 e. The number of carboxylic acid groups (broad SMARTS) is 1. The number of aliphatic carboxylic acids is 1. The van der Waals surface area contributed by atoms with Gasteiger partial charge in [-0.15, -0.1) is 0 Å². The zero-order valence-electron chi connectivity index (χ0n) is 23.2. The number of rotatable bonds is 9. The van der Waals surface area contributed by atoms with Gasteiger partial charge in [-0.25, -0.2) is 9.59 Å².